The van der Waals surface area contributed by atoms with Gasteiger partial charge in [0.25, 0.3) is 0 Å². The van der Waals surface area contributed by atoms with Crippen molar-refractivity contribution >= 4 is 22.7 Å². The van der Waals surface area contributed by atoms with Crippen LogP contribution >= 0.6 is 11.8 Å². The van der Waals surface area contributed by atoms with Gasteiger partial charge in [-0.25, -0.2) is 0 Å². The first kappa shape index (κ1) is 8.70. The van der Waals surface area contributed by atoms with Gasteiger partial charge in [0.05, 0.1) is 5.03 Å². The number of hydrogen-bond acceptors (Lipinski definition) is 1. The number of aromatic amines is 1. The number of para-hydroxylation sites is 1. The summed E-state index contributed by atoms with van der Waals surface area (Å²) in [5.74, 6) is 0. The molecule has 1 aromatic carbocycles. The zero-order chi connectivity index (χ0) is 9.26. The van der Waals surface area contributed by atoms with Crippen LogP contribution < -0.4 is 0 Å². The molecule has 0 aliphatic rings. The number of thioether (sulfide) groups is 1. The van der Waals surface area contributed by atoms with Gasteiger partial charge in [0.1, 0.15) is 0 Å². The Morgan fingerprint density at radius 1 is 1.23 bits per heavy atom. The third kappa shape index (κ3) is 1.89. The fraction of sp³-hybridized carbons (Fsp3) is 0.273. The van der Waals surface area contributed by atoms with E-state index in [4.69, 9.17) is 0 Å². The van der Waals surface area contributed by atoms with E-state index in [0.29, 0.717) is 5.25 Å². The predicted octanol–water partition coefficient (Wildman–Crippen LogP) is 3.67. The highest BCUT2D eigenvalue weighted by Gasteiger charge is 2.01. The minimum Gasteiger partial charge on any atom is -0.350 e. The highest BCUT2D eigenvalue weighted by Crippen LogP contribution is 2.25. The van der Waals surface area contributed by atoms with Gasteiger partial charge in [-0.15, -0.1) is 11.8 Å². The lowest BCUT2D eigenvalue weighted by Gasteiger charge is -1.99. The lowest BCUT2D eigenvalue weighted by molar-refractivity contribution is 1.09. The average Bonchev–Trinajstić information content (AvgIpc) is 2.44. The zero-order valence-electron chi connectivity index (χ0n) is 7.87. The van der Waals surface area contributed by atoms with Crippen molar-refractivity contribution in [3.8, 4) is 0 Å². The molecule has 0 spiro atoms. The Kier molecular flexibility index (Phi) is 2.32. The highest BCUT2D eigenvalue weighted by molar-refractivity contribution is 7.99. The predicted molar refractivity (Wildman–Crippen MR) is 59.3 cm³/mol. The van der Waals surface area contributed by atoms with E-state index in [9.17, 15) is 0 Å². The molecule has 0 bridgehead atoms. The standard InChI is InChI=1S/C11H13NS/c1-8(2)13-11-7-9-5-3-4-6-10(9)12-11/h3-8,12H,1-2H3. The monoisotopic (exact) mass is 191 g/mol. The van der Waals surface area contributed by atoms with E-state index in [-0.39, 0.29) is 0 Å². The zero-order valence-corrected chi connectivity index (χ0v) is 8.69. The van der Waals surface area contributed by atoms with E-state index in [1.807, 2.05) is 11.8 Å². The number of H-pyrrole nitrogens is 1. The van der Waals surface area contributed by atoms with Crippen LogP contribution in [0.25, 0.3) is 10.9 Å². The van der Waals surface area contributed by atoms with E-state index >= 15 is 0 Å². The number of fused-ring (bicyclic) bond motifs is 1. The minimum atomic E-state index is 0.632. The fourth-order valence-corrected chi connectivity index (χ4v) is 2.24. The van der Waals surface area contributed by atoms with Gasteiger partial charge in [0, 0.05) is 16.2 Å². The first-order valence-corrected chi connectivity index (χ1v) is 5.38. The van der Waals surface area contributed by atoms with E-state index < -0.39 is 0 Å². The topological polar surface area (TPSA) is 15.8 Å². The molecule has 2 rings (SSSR count). The van der Waals surface area contributed by atoms with Gasteiger partial charge in [0.2, 0.25) is 0 Å². The molecule has 0 aliphatic heterocycles. The molecule has 0 saturated heterocycles. The molecular formula is C11H13NS. The maximum atomic E-state index is 3.39. The average molecular weight is 191 g/mol. The largest absolute Gasteiger partial charge is 0.350 e. The first-order valence-electron chi connectivity index (χ1n) is 4.50. The second-order valence-corrected chi connectivity index (χ2v) is 5.01. The summed E-state index contributed by atoms with van der Waals surface area (Å²) in [4.78, 5) is 3.39. The molecule has 0 atom stereocenters. The van der Waals surface area contributed by atoms with Crippen molar-refractivity contribution in [3.05, 3.63) is 30.3 Å². The summed E-state index contributed by atoms with van der Waals surface area (Å²) in [5.41, 5.74) is 1.23. The summed E-state index contributed by atoms with van der Waals surface area (Å²) < 4.78 is 0. The fourth-order valence-electron chi connectivity index (χ4n) is 1.36. The Morgan fingerprint density at radius 3 is 2.69 bits per heavy atom. The summed E-state index contributed by atoms with van der Waals surface area (Å²) in [6, 6.07) is 10.6. The van der Waals surface area contributed by atoms with Gasteiger partial charge in [-0.2, -0.15) is 0 Å². The Hall–Kier alpha value is -0.890. The van der Waals surface area contributed by atoms with Crippen LogP contribution in [0.3, 0.4) is 0 Å². The van der Waals surface area contributed by atoms with Crippen molar-refractivity contribution in [2.45, 2.75) is 24.1 Å². The van der Waals surface area contributed by atoms with Crippen LogP contribution in [0.2, 0.25) is 0 Å². The van der Waals surface area contributed by atoms with Crippen molar-refractivity contribution in [2.24, 2.45) is 0 Å². The van der Waals surface area contributed by atoms with E-state index in [0.717, 1.165) is 0 Å². The quantitative estimate of drug-likeness (QED) is 0.716. The summed E-state index contributed by atoms with van der Waals surface area (Å²) in [6.45, 7) is 4.41. The molecule has 0 amide bonds. The number of nitrogens with one attached hydrogen (secondary N) is 1. The number of hydrogen-bond donors (Lipinski definition) is 1. The third-order valence-corrected chi connectivity index (χ3v) is 2.81. The van der Waals surface area contributed by atoms with Crippen molar-refractivity contribution in [3.63, 3.8) is 0 Å². The van der Waals surface area contributed by atoms with Crippen LogP contribution in [0.1, 0.15) is 13.8 Å². The Morgan fingerprint density at radius 2 is 2.00 bits per heavy atom. The lowest BCUT2D eigenvalue weighted by atomic mass is 10.3. The van der Waals surface area contributed by atoms with Crippen LogP contribution in [0, 0.1) is 0 Å². The second kappa shape index (κ2) is 3.46. The summed E-state index contributed by atoms with van der Waals surface area (Å²) in [6.07, 6.45) is 0. The molecule has 0 radical (unpaired) electrons. The Labute approximate surface area is 82.5 Å². The van der Waals surface area contributed by atoms with E-state index in [2.05, 4.69) is 49.2 Å². The molecule has 1 N–H and O–H groups in total. The molecule has 13 heavy (non-hydrogen) atoms. The van der Waals surface area contributed by atoms with E-state index in [1.165, 1.54) is 15.9 Å². The number of rotatable bonds is 2. The van der Waals surface area contributed by atoms with E-state index in [1.54, 1.807) is 0 Å². The highest BCUT2D eigenvalue weighted by atomic mass is 32.2. The summed E-state index contributed by atoms with van der Waals surface area (Å²) >= 11 is 1.87. The number of benzene rings is 1. The van der Waals surface area contributed by atoms with Crippen molar-refractivity contribution in [1.29, 1.82) is 0 Å². The SMILES string of the molecule is CC(C)Sc1cc2ccccc2[nH]1. The van der Waals surface area contributed by atoms with Crippen molar-refractivity contribution in [1.82, 2.24) is 4.98 Å². The van der Waals surface area contributed by atoms with Gasteiger partial charge >= 0.3 is 0 Å². The van der Waals surface area contributed by atoms with Crippen molar-refractivity contribution < 1.29 is 0 Å². The molecule has 0 fully saturated rings. The third-order valence-electron chi connectivity index (χ3n) is 1.87. The molecule has 0 saturated carbocycles. The van der Waals surface area contributed by atoms with Gasteiger partial charge in [-0.05, 0) is 12.1 Å². The smallest absolute Gasteiger partial charge is 0.0735 e. The normalized spacial score (nSPS) is 11.3. The molecule has 1 nitrogen and oxygen atoms in total. The summed E-state index contributed by atoms with van der Waals surface area (Å²) in [7, 11) is 0. The van der Waals surface area contributed by atoms with Crippen molar-refractivity contribution in [2.75, 3.05) is 0 Å². The van der Waals surface area contributed by atoms with Gasteiger partial charge in [-0.1, -0.05) is 32.0 Å². The lowest BCUT2D eigenvalue weighted by Crippen LogP contribution is -1.84. The van der Waals surface area contributed by atoms with Crippen LogP contribution in [-0.2, 0) is 0 Å². The molecule has 1 heterocycles. The molecule has 2 heteroatoms. The van der Waals surface area contributed by atoms with Gasteiger partial charge < -0.3 is 4.98 Å². The maximum Gasteiger partial charge on any atom is 0.0735 e. The Bertz CT molecular complexity index is 370. The molecule has 0 aliphatic carbocycles. The van der Waals surface area contributed by atoms with Crippen LogP contribution in [0.15, 0.2) is 35.4 Å². The van der Waals surface area contributed by atoms with Gasteiger partial charge in [0.15, 0.2) is 0 Å². The first-order chi connectivity index (χ1) is 6.25. The maximum absolute atomic E-state index is 3.39. The van der Waals surface area contributed by atoms with Gasteiger partial charge in [-0.3, -0.25) is 0 Å². The molecule has 0 unspecified atom stereocenters. The molecule has 1 aromatic heterocycles. The molecule has 2 aromatic rings. The van der Waals surface area contributed by atoms with Crippen LogP contribution in [0.4, 0.5) is 0 Å². The number of aromatic nitrogens is 1. The summed E-state index contributed by atoms with van der Waals surface area (Å²) in [5, 5.41) is 3.19. The second-order valence-electron chi connectivity index (χ2n) is 3.39. The minimum absolute atomic E-state index is 0.632. The van der Waals surface area contributed by atoms with Crippen LogP contribution in [-0.4, -0.2) is 10.2 Å². The Balaban J connectivity index is 2.38. The molecular weight excluding hydrogens is 178 g/mol. The van der Waals surface area contributed by atoms with Crippen LogP contribution in [0.5, 0.6) is 0 Å². The molecule has 68 valence electrons.